The van der Waals surface area contributed by atoms with Gasteiger partial charge in [-0.1, -0.05) is 0 Å². The number of hydrogen-bond acceptors (Lipinski definition) is 7. The number of alkyl halides is 3. The number of aryl methyl sites for hydroxylation is 2. The molecular weight excluding hydrogens is 527 g/mol. The third kappa shape index (κ3) is 5.29. The first kappa shape index (κ1) is 27.3. The summed E-state index contributed by atoms with van der Waals surface area (Å²) in [4.78, 5) is 32.8. The van der Waals surface area contributed by atoms with Crippen LogP contribution in [0.2, 0.25) is 0 Å². The van der Waals surface area contributed by atoms with Crippen LogP contribution in [-0.2, 0) is 19.8 Å². The van der Waals surface area contributed by atoms with Crippen LogP contribution in [0.5, 0.6) is 5.75 Å². The molecule has 5 rings (SSSR count). The third-order valence-corrected chi connectivity index (χ3v) is 6.27. The van der Waals surface area contributed by atoms with Crippen LogP contribution < -0.4 is 21.3 Å². The Kier molecular flexibility index (Phi) is 7.61. The summed E-state index contributed by atoms with van der Waals surface area (Å²) in [6, 6.07) is 3.86. The summed E-state index contributed by atoms with van der Waals surface area (Å²) in [5, 5.41) is 7.41. The van der Waals surface area contributed by atoms with E-state index in [0.29, 0.717) is 17.6 Å². The lowest BCUT2D eigenvalue weighted by Gasteiger charge is -2.26. The Morgan fingerprint density at radius 1 is 1.24 bits per heavy atom. The maximum Gasteiger partial charge on any atom is 0.433 e. The molecule has 5 heterocycles. The van der Waals surface area contributed by atoms with Crippen molar-refractivity contribution in [3.05, 3.63) is 74.7 Å². The molecule has 1 fully saturated rings. The molecule has 0 spiro atoms. The number of rotatable bonds is 5. The fourth-order valence-corrected chi connectivity index (χ4v) is 4.44. The standard InChI is InChI=1S/C24H24F3N7O3.ClH/c1-14-22(37-16-4-3-6-28-10-16)17(9-19(31-14)24(25,26)27)21-18-8-15(12-34(18)30-13-29-21)11-33-20(35)5-7-32(2)23(33)36;/h5,7-9,12-13,16,28H,3-4,6,10-11H2,1-2H3;1H. The molecule has 1 aliphatic rings. The van der Waals surface area contributed by atoms with Crippen LogP contribution in [0.25, 0.3) is 16.8 Å². The summed E-state index contributed by atoms with van der Waals surface area (Å²) < 4.78 is 51.1. The monoisotopic (exact) mass is 551 g/mol. The van der Waals surface area contributed by atoms with E-state index in [-0.39, 0.29) is 47.8 Å². The normalized spacial score (nSPS) is 15.9. The number of nitrogens with zero attached hydrogens (tertiary/aromatic N) is 6. The second kappa shape index (κ2) is 10.6. The zero-order valence-electron chi connectivity index (χ0n) is 20.5. The fraction of sp³-hybridized carbons (Fsp3) is 0.375. The first-order chi connectivity index (χ1) is 17.6. The van der Waals surface area contributed by atoms with Crippen LogP contribution in [0, 0.1) is 6.92 Å². The number of fused-ring (bicyclic) bond motifs is 1. The molecule has 10 nitrogen and oxygen atoms in total. The summed E-state index contributed by atoms with van der Waals surface area (Å²) in [5.74, 6) is 0.221. The lowest BCUT2D eigenvalue weighted by Crippen LogP contribution is -2.38. The van der Waals surface area contributed by atoms with Gasteiger partial charge in [0.2, 0.25) is 0 Å². The molecule has 1 atom stereocenters. The van der Waals surface area contributed by atoms with E-state index in [4.69, 9.17) is 4.74 Å². The highest BCUT2D eigenvalue weighted by Crippen LogP contribution is 2.39. The van der Waals surface area contributed by atoms with E-state index < -0.39 is 23.1 Å². The Balaban J connectivity index is 0.00000336. The van der Waals surface area contributed by atoms with E-state index in [1.165, 1.54) is 41.6 Å². The molecule has 1 saturated heterocycles. The van der Waals surface area contributed by atoms with Gasteiger partial charge in [0.15, 0.2) is 0 Å². The zero-order chi connectivity index (χ0) is 26.3. The maximum absolute atomic E-state index is 13.7. The van der Waals surface area contributed by atoms with E-state index in [0.717, 1.165) is 30.0 Å². The molecule has 38 heavy (non-hydrogen) atoms. The first-order valence-corrected chi connectivity index (χ1v) is 11.7. The van der Waals surface area contributed by atoms with Crippen molar-refractivity contribution in [1.29, 1.82) is 0 Å². The van der Waals surface area contributed by atoms with Gasteiger partial charge in [-0.2, -0.15) is 18.3 Å². The Bertz CT molecular complexity index is 1590. The number of halogens is 4. The van der Waals surface area contributed by atoms with E-state index >= 15 is 0 Å². The van der Waals surface area contributed by atoms with E-state index in [2.05, 4.69) is 20.4 Å². The Labute approximate surface area is 220 Å². The van der Waals surface area contributed by atoms with Gasteiger partial charge in [0.1, 0.15) is 29.6 Å². The molecule has 0 aromatic carbocycles. The summed E-state index contributed by atoms with van der Waals surface area (Å²) in [6.45, 7) is 2.85. The van der Waals surface area contributed by atoms with E-state index in [1.54, 1.807) is 12.3 Å². The molecule has 0 radical (unpaired) electrons. The lowest BCUT2D eigenvalue weighted by atomic mass is 10.1. The minimum absolute atomic E-state index is 0. The van der Waals surface area contributed by atoms with Gasteiger partial charge in [-0.3, -0.25) is 9.36 Å². The van der Waals surface area contributed by atoms with Crippen molar-refractivity contribution in [2.24, 2.45) is 7.05 Å². The molecule has 4 aromatic rings. The number of piperidine rings is 1. The second-order valence-electron chi connectivity index (χ2n) is 8.97. The zero-order valence-corrected chi connectivity index (χ0v) is 21.3. The molecule has 1 N–H and O–H groups in total. The largest absolute Gasteiger partial charge is 0.486 e. The second-order valence-corrected chi connectivity index (χ2v) is 8.97. The summed E-state index contributed by atoms with van der Waals surface area (Å²) >= 11 is 0. The Morgan fingerprint density at radius 3 is 2.74 bits per heavy atom. The van der Waals surface area contributed by atoms with Crippen LogP contribution in [0.4, 0.5) is 13.2 Å². The predicted molar refractivity (Wildman–Crippen MR) is 135 cm³/mol. The number of pyridine rings is 1. The Hall–Kier alpha value is -3.71. The summed E-state index contributed by atoms with van der Waals surface area (Å²) in [6.07, 6.45) is 0.946. The van der Waals surface area contributed by atoms with Crippen LogP contribution in [0.3, 0.4) is 0 Å². The first-order valence-electron chi connectivity index (χ1n) is 11.7. The topological polar surface area (TPSA) is 108 Å². The molecular formula is C24H25ClF3N7O3. The number of aromatic nitrogens is 6. The van der Waals surface area contributed by atoms with Crippen molar-refractivity contribution in [2.75, 3.05) is 13.1 Å². The molecule has 0 aliphatic carbocycles. The predicted octanol–water partition coefficient (Wildman–Crippen LogP) is 2.58. The van der Waals surface area contributed by atoms with Crippen molar-refractivity contribution >= 4 is 17.9 Å². The van der Waals surface area contributed by atoms with Gasteiger partial charge in [-0.15, -0.1) is 12.4 Å². The quantitative estimate of drug-likeness (QED) is 0.406. The van der Waals surface area contributed by atoms with Gasteiger partial charge >= 0.3 is 11.9 Å². The van der Waals surface area contributed by atoms with Gasteiger partial charge in [0.25, 0.3) is 5.56 Å². The van der Waals surface area contributed by atoms with Crippen molar-refractivity contribution in [1.82, 2.24) is 34.0 Å². The number of nitrogens with one attached hydrogen (secondary N) is 1. The molecule has 1 aliphatic heterocycles. The molecule has 0 saturated carbocycles. The minimum Gasteiger partial charge on any atom is -0.486 e. The van der Waals surface area contributed by atoms with Crippen LogP contribution in [0.1, 0.15) is 29.8 Å². The van der Waals surface area contributed by atoms with Gasteiger partial charge < -0.3 is 14.6 Å². The molecule has 202 valence electrons. The van der Waals surface area contributed by atoms with Gasteiger partial charge in [-0.25, -0.2) is 19.3 Å². The van der Waals surface area contributed by atoms with Crippen LogP contribution in [0.15, 0.2) is 46.5 Å². The highest BCUT2D eigenvalue weighted by atomic mass is 35.5. The van der Waals surface area contributed by atoms with Crippen molar-refractivity contribution in [3.8, 4) is 17.0 Å². The highest BCUT2D eigenvalue weighted by Gasteiger charge is 2.35. The SMILES string of the molecule is Cc1nc(C(F)(F)F)cc(-c2ncnn3cc(Cn4c(=O)ccn(C)c4=O)cc23)c1OC1CCCNC1.Cl. The van der Waals surface area contributed by atoms with Crippen LogP contribution in [-0.4, -0.2) is 47.9 Å². The van der Waals surface area contributed by atoms with E-state index in [1.807, 2.05) is 0 Å². The van der Waals surface area contributed by atoms with Gasteiger partial charge in [0, 0.05) is 37.6 Å². The number of ether oxygens (including phenoxy) is 1. The van der Waals surface area contributed by atoms with Crippen molar-refractivity contribution in [3.63, 3.8) is 0 Å². The summed E-state index contributed by atoms with van der Waals surface area (Å²) in [5.41, 5.74) is -0.641. The van der Waals surface area contributed by atoms with Gasteiger partial charge in [-0.05, 0) is 44.0 Å². The molecule has 0 bridgehead atoms. The van der Waals surface area contributed by atoms with Crippen molar-refractivity contribution in [2.45, 2.75) is 38.6 Å². The highest BCUT2D eigenvalue weighted by molar-refractivity contribution is 5.85. The summed E-state index contributed by atoms with van der Waals surface area (Å²) in [7, 11) is 1.53. The minimum atomic E-state index is -4.67. The average Bonchev–Trinajstić information content (AvgIpc) is 3.28. The molecule has 1 unspecified atom stereocenters. The smallest absolute Gasteiger partial charge is 0.433 e. The molecule has 4 aromatic heterocycles. The molecule has 14 heteroatoms. The van der Waals surface area contributed by atoms with E-state index in [9.17, 15) is 22.8 Å². The van der Waals surface area contributed by atoms with Crippen molar-refractivity contribution < 1.29 is 17.9 Å². The average molecular weight is 552 g/mol. The lowest BCUT2D eigenvalue weighted by molar-refractivity contribution is -0.141. The third-order valence-electron chi connectivity index (χ3n) is 6.27. The van der Waals surface area contributed by atoms with Gasteiger partial charge in [0.05, 0.1) is 17.8 Å². The van der Waals surface area contributed by atoms with Crippen LogP contribution >= 0.6 is 12.4 Å². The molecule has 0 amide bonds. The Morgan fingerprint density at radius 2 is 2.03 bits per heavy atom. The number of hydrogen-bond donors (Lipinski definition) is 1. The fourth-order valence-electron chi connectivity index (χ4n) is 4.44. The maximum atomic E-state index is 13.7.